The lowest BCUT2D eigenvalue weighted by Crippen LogP contribution is -2.40. The number of carbonyl (C=O) groups is 1. The van der Waals surface area contributed by atoms with E-state index in [9.17, 15) is 9.18 Å². The number of carbonyl (C=O) groups excluding carboxylic acids is 1. The first-order valence-electron chi connectivity index (χ1n) is 6.94. The maximum atomic E-state index is 14.0. The van der Waals surface area contributed by atoms with Gasteiger partial charge in [0.1, 0.15) is 5.82 Å². The van der Waals surface area contributed by atoms with E-state index in [-0.39, 0.29) is 11.5 Å². The van der Waals surface area contributed by atoms with Crippen LogP contribution >= 0.6 is 15.9 Å². The van der Waals surface area contributed by atoms with Crippen LogP contribution in [0.2, 0.25) is 0 Å². The lowest BCUT2D eigenvalue weighted by Gasteiger charge is -2.29. The second-order valence-electron chi connectivity index (χ2n) is 5.51. The Balaban J connectivity index is 1.87. The van der Waals surface area contributed by atoms with Crippen molar-refractivity contribution in [3.05, 3.63) is 34.1 Å². The maximum Gasteiger partial charge on any atom is 0.257 e. The Hall–Kier alpha value is -0.900. The molecule has 0 N–H and O–H groups in total. The van der Waals surface area contributed by atoms with E-state index in [0.717, 1.165) is 25.7 Å². The van der Waals surface area contributed by atoms with Crippen molar-refractivity contribution < 1.29 is 9.18 Å². The molecule has 0 aliphatic heterocycles. The van der Waals surface area contributed by atoms with Gasteiger partial charge in [-0.1, -0.05) is 28.8 Å². The van der Waals surface area contributed by atoms with Crippen LogP contribution in [0.4, 0.5) is 4.39 Å². The van der Waals surface area contributed by atoms with Crippen molar-refractivity contribution in [1.29, 1.82) is 0 Å². The highest BCUT2D eigenvalue weighted by Gasteiger charge is 2.39. The van der Waals surface area contributed by atoms with Gasteiger partial charge in [0.2, 0.25) is 0 Å². The summed E-state index contributed by atoms with van der Waals surface area (Å²) in [6.07, 6.45) is 6.65. The van der Waals surface area contributed by atoms with Crippen molar-refractivity contribution in [2.24, 2.45) is 0 Å². The van der Waals surface area contributed by atoms with Gasteiger partial charge in [-0.3, -0.25) is 4.79 Å². The van der Waals surface area contributed by atoms with Crippen LogP contribution in [0.25, 0.3) is 0 Å². The molecule has 2 saturated carbocycles. The van der Waals surface area contributed by atoms with Gasteiger partial charge in [0, 0.05) is 16.6 Å². The molecule has 0 saturated heterocycles. The zero-order valence-corrected chi connectivity index (χ0v) is 12.3. The summed E-state index contributed by atoms with van der Waals surface area (Å²) in [7, 11) is 0. The first-order valence-corrected chi connectivity index (χ1v) is 7.74. The third-order valence-corrected chi connectivity index (χ3v) is 4.55. The van der Waals surface area contributed by atoms with Gasteiger partial charge in [-0.15, -0.1) is 0 Å². The van der Waals surface area contributed by atoms with Crippen LogP contribution < -0.4 is 0 Å². The summed E-state index contributed by atoms with van der Waals surface area (Å²) in [5.74, 6) is -0.553. The minimum absolute atomic E-state index is 0.126. The molecule has 2 fully saturated rings. The van der Waals surface area contributed by atoms with Gasteiger partial charge >= 0.3 is 0 Å². The van der Waals surface area contributed by atoms with E-state index >= 15 is 0 Å². The topological polar surface area (TPSA) is 20.3 Å². The fourth-order valence-electron chi connectivity index (χ4n) is 2.97. The number of hydrogen-bond donors (Lipinski definition) is 0. The van der Waals surface area contributed by atoms with Crippen molar-refractivity contribution in [2.75, 3.05) is 0 Å². The van der Waals surface area contributed by atoms with Gasteiger partial charge in [0.25, 0.3) is 5.91 Å². The monoisotopic (exact) mass is 325 g/mol. The molecule has 0 bridgehead atoms. The molecule has 2 aliphatic rings. The Labute approximate surface area is 121 Å². The zero-order chi connectivity index (χ0) is 13.4. The molecule has 2 nitrogen and oxygen atoms in total. The van der Waals surface area contributed by atoms with Gasteiger partial charge in [0.15, 0.2) is 0 Å². The molecule has 3 rings (SSSR count). The molecule has 102 valence electrons. The number of halogens is 2. The first-order chi connectivity index (χ1) is 9.16. The van der Waals surface area contributed by atoms with Crippen LogP contribution in [-0.2, 0) is 0 Å². The Morgan fingerprint density at radius 1 is 1.16 bits per heavy atom. The van der Waals surface area contributed by atoms with E-state index in [2.05, 4.69) is 15.9 Å². The minimum Gasteiger partial charge on any atom is -0.333 e. The summed E-state index contributed by atoms with van der Waals surface area (Å²) in [6, 6.07) is 5.36. The number of benzene rings is 1. The molecule has 0 aromatic heterocycles. The zero-order valence-electron chi connectivity index (χ0n) is 10.7. The van der Waals surface area contributed by atoms with Crippen LogP contribution in [0, 0.1) is 5.82 Å². The molecule has 1 aromatic carbocycles. The SMILES string of the molecule is O=C(c1ccc(Br)cc1F)N(C1CCCC1)C1CC1. The van der Waals surface area contributed by atoms with Crippen molar-refractivity contribution in [3.8, 4) is 0 Å². The quantitative estimate of drug-likeness (QED) is 0.818. The third kappa shape index (κ3) is 2.69. The molecule has 1 amide bonds. The van der Waals surface area contributed by atoms with E-state index < -0.39 is 5.82 Å². The van der Waals surface area contributed by atoms with Crippen molar-refractivity contribution in [3.63, 3.8) is 0 Å². The standard InChI is InChI=1S/C15H17BrFNO/c16-10-5-8-13(14(17)9-10)15(19)18(12-6-7-12)11-3-1-2-4-11/h5,8-9,11-12H,1-4,6-7H2. The summed E-state index contributed by atoms with van der Waals surface area (Å²) >= 11 is 3.23. The molecule has 19 heavy (non-hydrogen) atoms. The van der Waals surface area contributed by atoms with Gasteiger partial charge in [0.05, 0.1) is 5.56 Å². The number of nitrogens with zero attached hydrogens (tertiary/aromatic N) is 1. The highest BCUT2D eigenvalue weighted by atomic mass is 79.9. The van der Waals surface area contributed by atoms with Crippen molar-refractivity contribution in [1.82, 2.24) is 4.90 Å². The average Bonchev–Trinajstić information content (AvgIpc) is 3.04. The highest BCUT2D eigenvalue weighted by molar-refractivity contribution is 9.10. The van der Waals surface area contributed by atoms with Crippen molar-refractivity contribution >= 4 is 21.8 Å². The maximum absolute atomic E-state index is 14.0. The van der Waals surface area contributed by atoms with Crippen LogP contribution in [0.5, 0.6) is 0 Å². The van der Waals surface area contributed by atoms with E-state index in [1.165, 1.54) is 18.9 Å². The van der Waals surface area contributed by atoms with Crippen LogP contribution in [0.15, 0.2) is 22.7 Å². The van der Waals surface area contributed by atoms with Gasteiger partial charge in [-0.2, -0.15) is 0 Å². The Kier molecular flexibility index (Phi) is 3.61. The number of hydrogen-bond acceptors (Lipinski definition) is 1. The van der Waals surface area contributed by atoms with Gasteiger partial charge in [-0.25, -0.2) is 4.39 Å². The first kappa shape index (κ1) is 13.1. The molecule has 0 spiro atoms. The second-order valence-corrected chi connectivity index (χ2v) is 6.42. The fourth-order valence-corrected chi connectivity index (χ4v) is 3.30. The van der Waals surface area contributed by atoms with E-state index in [1.807, 2.05) is 4.90 Å². The van der Waals surface area contributed by atoms with Crippen LogP contribution in [0.1, 0.15) is 48.9 Å². The lowest BCUT2D eigenvalue weighted by molar-refractivity contribution is 0.0659. The molecule has 4 heteroatoms. The predicted molar refractivity (Wildman–Crippen MR) is 75.5 cm³/mol. The molecule has 2 aliphatic carbocycles. The summed E-state index contributed by atoms with van der Waals surface area (Å²) in [4.78, 5) is 14.6. The molecule has 1 aromatic rings. The summed E-state index contributed by atoms with van der Waals surface area (Å²) < 4.78 is 14.6. The van der Waals surface area contributed by atoms with E-state index in [0.29, 0.717) is 16.6 Å². The molecule has 0 atom stereocenters. The molecule has 0 heterocycles. The Morgan fingerprint density at radius 2 is 1.79 bits per heavy atom. The Bertz CT molecular complexity index is 495. The lowest BCUT2D eigenvalue weighted by atomic mass is 10.1. The molecular formula is C15H17BrFNO. The molecule has 0 radical (unpaired) electrons. The summed E-state index contributed by atoms with van der Waals surface area (Å²) in [5.41, 5.74) is 0.210. The molecular weight excluding hydrogens is 309 g/mol. The second kappa shape index (κ2) is 5.23. The number of rotatable bonds is 3. The average molecular weight is 326 g/mol. The van der Waals surface area contributed by atoms with Crippen molar-refractivity contribution in [2.45, 2.75) is 50.6 Å². The number of amides is 1. The van der Waals surface area contributed by atoms with Gasteiger partial charge in [-0.05, 0) is 43.9 Å². The third-order valence-electron chi connectivity index (χ3n) is 4.05. The van der Waals surface area contributed by atoms with Crippen LogP contribution in [-0.4, -0.2) is 22.9 Å². The largest absolute Gasteiger partial charge is 0.333 e. The van der Waals surface area contributed by atoms with Gasteiger partial charge < -0.3 is 4.90 Å². The normalized spacial score (nSPS) is 19.7. The smallest absolute Gasteiger partial charge is 0.257 e. The van der Waals surface area contributed by atoms with E-state index in [1.54, 1.807) is 12.1 Å². The molecule has 0 unspecified atom stereocenters. The Morgan fingerprint density at radius 3 is 2.37 bits per heavy atom. The summed E-state index contributed by atoms with van der Waals surface area (Å²) in [6.45, 7) is 0. The summed E-state index contributed by atoms with van der Waals surface area (Å²) in [5, 5.41) is 0. The fraction of sp³-hybridized carbons (Fsp3) is 0.533. The minimum atomic E-state index is -0.428. The predicted octanol–water partition coefficient (Wildman–Crippen LogP) is 4.14. The highest BCUT2D eigenvalue weighted by Crippen LogP contribution is 2.36. The van der Waals surface area contributed by atoms with Crippen LogP contribution in [0.3, 0.4) is 0 Å². The van der Waals surface area contributed by atoms with E-state index in [4.69, 9.17) is 0 Å².